The molecule has 1 aromatic carbocycles. The number of amides is 1. The molecule has 0 radical (unpaired) electrons. The van der Waals surface area contributed by atoms with Gasteiger partial charge in [0.1, 0.15) is 5.75 Å². The van der Waals surface area contributed by atoms with E-state index in [1.807, 2.05) is 0 Å². The van der Waals surface area contributed by atoms with E-state index in [0.717, 1.165) is 0 Å². The van der Waals surface area contributed by atoms with Crippen molar-refractivity contribution in [1.29, 1.82) is 0 Å². The topological polar surface area (TPSA) is 61.7 Å². The number of hydrogen-bond donors (Lipinski definition) is 2. The summed E-state index contributed by atoms with van der Waals surface area (Å²) >= 11 is 12.0. The van der Waals surface area contributed by atoms with E-state index in [-0.39, 0.29) is 16.7 Å². The lowest BCUT2D eigenvalue weighted by atomic mass is 10.0. The summed E-state index contributed by atoms with van der Waals surface area (Å²) in [6, 6.07) is 1.61. The zero-order chi connectivity index (χ0) is 12.6. The van der Waals surface area contributed by atoms with E-state index in [2.05, 4.69) is 10.5 Å². The molecular weight excluding hydrogens is 263 g/mol. The van der Waals surface area contributed by atoms with Gasteiger partial charge in [0, 0.05) is 23.4 Å². The zero-order valence-electron chi connectivity index (χ0n) is 9.05. The molecule has 1 aliphatic rings. The lowest BCUT2D eigenvalue weighted by Gasteiger charge is -2.15. The number of rotatable bonds is 1. The Morgan fingerprint density at radius 3 is 2.71 bits per heavy atom. The van der Waals surface area contributed by atoms with Crippen molar-refractivity contribution in [2.45, 2.75) is 19.8 Å². The van der Waals surface area contributed by atoms with E-state index in [1.54, 1.807) is 13.0 Å². The lowest BCUT2D eigenvalue weighted by molar-refractivity contribution is -0.121. The predicted molar refractivity (Wildman–Crippen MR) is 66.8 cm³/mol. The van der Waals surface area contributed by atoms with Gasteiger partial charge in [-0.3, -0.25) is 4.79 Å². The van der Waals surface area contributed by atoms with Gasteiger partial charge in [-0.15, -0.1) is 0 Å². The summed E-state index contributed by atoms with van der Waals surface area (Å²) in [6.45, 7) is 1.72. The van der Waals surface area contributed by atoms with Gasteiger partial charge in [-0.25, -0.2) is 5.43 Å². The largest absolute Gasteiger partial charge is 0.506 e. The first-order valence-corrected chi connectivity index (χ1v) is 5.79. The van der Waals surface area contributed by atoms with Crippen molar-refractivity contribution in [2.24, 2.45) is 5.10 Å². The van der Waals surface area contributed by atoms with Gasteiger partial charge in [0.05, 0.1) is 10.7 Å². The Morgan fingerprint density at radius 2 is 2.12 bits per heavy atom. The molecule has 2 N–H and O–H groups in total. The third-order valence-electron chi connectivity index (χ3n) is 2.64. The van der Waals surface area contributed by atoms with Gasteiger partial charge in [-0.2, -0.15) is 5.10 Å². The SMILES string of the molecule is Cc1c(Cl)cc(C2=NNC(=O)CC2)c(O)c1Cl. The van der Waals surface area contributed by atoms with E-state index in [0.29, 0.717) is 34.7 Å². The Bertz CT molecular complexity index is 527. The normalized spacial score (nSPS) is 15.5. The van der Waals surface area contributed by atoms with E-state index < -0.39 is 0 Å². The summed E-state index contributed by atoms with van der Waals surface area (Å²) in [7, 11) is 0. The number of carbonyl (C=O) groups is 1. The van der Waals surface area contributed by atoms with Gasteiger partial charge >= 0.3 is 0 Å². The van der Waals surface area contributed by atoms with Crippen LogP contribution in [0.2, 0.25) is 10.0 Å². The van der Waals surface area contributed by atoms with Crippen LogP contribution in [-0.2, 0) is 4.79 Å². The Labute approximate surface area is 108 Å². The second-order valence-corrected chi connectivity index (χ2v) is 4.57. The first kappa shape index (κ1) is 12.2. The summed E-state index contributed by atoms with van der Waals surface area (Å²) in [5.74, 6) is -0.194. The average molecular weight is 273 g/mol. The average Bonchev–Trinajstić information content (AvgIpc) is 2.32. The van der Waals surface area contributed by atoms with Gasteiger partial charge in [-0.05, 0) is 18.6 Å². The van der Waals surface area contributed by atoms with Crippen molar-refractivity contribution in [2.75, 3.05) is 0 Å². The number of phenolic OH excluding ortho intramolecular Hbond substituents is 1. The molecule has 0 saturated heterocycles. The van der Waals surface area contributed by atoms with Gasteiger partial charge < -0.3 is 5.11 Å². The minimum absolute atomic E-state index is 0.0523. The molecule has 0 aromatic heterocycles. The Kier molecular flexibility index (Phi) is 3.26. The number of benzene rings is 1. The van der Waals surface area contributed by atoms with Gasteiger partial charge in [0.25, 0.3) is 0 Å². The van der Waals surface area contributed by atoms with Crippen molar-refractivity contribution in [1.82, 2.24) is 5.43 Å². The Morgan fingerprint density at radius 1 is 1.41 bits per heavy atom. The van der Waals surface area contributed by atoms with Crippen LogP contribution in [-0.4, -0.2) is 16.7 Å². The summed E-state index contributed by atoms with van der Waals surface area (Å²) in [5.41, 5.74) is 4.02. The van der Waals surface area contributed by atoms with Crippen LogP contribution in [0.4, 0.5) is 0 Å². The molecule has 0 spiro atoms. The Balaban J connectivity index is 2.50. The van der Waals surface area contributed by atoms with Crippen LogP contribution in [0.3, 0.4) is 0 Å². The molecule has 6 heteroatoms. The minimum atomic E-state index is -0.141. The number of carbonyl (C=O) groups excluding carboxylic acids is 1. The molecule has 17 heavy (non-hydrogen) atoms. The summed E-state index contributed by atoms with van der Waals surface area (Å²) in [5, 5.41) is 14.5. The fraction of sp³-hybridized carbons (Fsp3) is 0.273. The van der Waals surface area contributed by atoms with Crippen molar-refractivity contribution in [3.8, 4) is 5.75 Å². The van der Waals surface area contributed by atoms with Crippen LogP contribution in [0, 0.1) is 6.92 Å². The van der Waals surface area contributed by atoms with Gasteiger partial charge in [0.2, 0.25) is 5.91 Å². The predicted octanol–water partition coefficient (Wildman–Crippen LogP) is 2.62. The highest BCUT2D eigenvalue weighted by molar-refractivity contribution is 6.37. The third kappa shape index (κ3) is 2.23. The molecule has 0 aliphatic carbocycles. The number of hydrogen-bond acceptors (Lipinski definition) is 3. The van der Waals surface area contributed by atoms with Crippen molar-refractivity contribution >= 4 is 34.8 Å². The first-order chi connectivity index (χ1) is 8.00. The van der Waals surface area contributed by atoms with Crippen molar-refractivity contribution in [3.05, 3.63) is 27.2 Å². The molecule has 2 rings (SSSR count). The molecule has 1 heterocycles. The smallest absolute Gasteiger partial charge is 0.240 e. The first-order valence-electron chi connectivity index (χ1n) is 5.04. The van der Waals surface area contributed by atoms with Crippen molar-refractivity contribution < 1.29 is 9.90 Å². The molecule has 1 aliphatic heterocycles. The summed E-state index contributed by atoms with van der Waals surface area (Å²) in [6.07, 6.45) is 0.788. The highest BCUT2D eigenvalue weighted by Crippen LogP contribution is 2.36. The number of aromatic hydroxyl groups is 1. The van der Waals surface area contributed by atoms with E-state index in [9.17, 15) is 9.90 Å². The fourth-order valence-electron chi connectivity index (χ4n) is 1.59. The van der Waals surface area contributed by atoms with Crippen LogP contribution in [0.15, 0.2) is 11.2 Å². The van der Waals surface area contributed by atoms with Crippen LogP contribution >= 0.6 is 23.2 Å². The number of nitrogens with one attached hydrogen (secondary N) is 1. The molecule has 0 bridgehead atoms. The monoisotopic (exact) mass is 272 g/mol. The van der Waals surface area contributed by atoms with Crippen LogP contribution in [0.1, 0.15) is 24.0 Å². The molecule has 1 amide bonds. The molecule has 4 nitrogen and oxygen atoms in total. The van der Waals surface area contributed by atoms with Gasteiger partial charge in [-0.1, -0.05) is 23.2 Å². The minimum Gasteiger partial charge on any atom is -0.506 e. The van der Waals surface area contributed by atoms with Crippen LogP contribution in [0.25, 0.3) is 0 Å². The quantitative estimate of drug-likeness (QED) is 0.826. The highest BCUT2D eigenvalue weighted by atomic mass is 35.5. The number of nitrogens with zero attached hydrogens (tertiary/aromatic N) is 1. The summed E-state index contributed by atoms with van der Waals surface area (Å²) in [4.78, 5) is 11.0. The van der Waals surface area contributed by atoms with Crippen LogP contribution < -0.4 is 5.43 Å². The van der Waals surface area contributed by atoms with Gasteiger partial charge in [0.15, 0.2) is 0 Å². The molecule has 0 saturated carbocycles. The number of hydrazone groups is 1. The molecule has 0 fully saturated rings. The summed E-state index contributed by atoms with van der Waals surface area (Å²) < 4.78 is 0. The maximum atomic E-state index is 11.0. The fourth-order valence-corrected chi connectivity index (χ4v) is 2.05. The van der Waals surface area contributed by atoms with E-state index in [1.165, 1.54) is 0 Å². The van der Waals surface area contributed by atoms with Crippen LogP contribution in [0.5, 0.6) is 5.75 Å². The lowest BCUT2D eigenvalue weighted by Crippen LogP contribution is -2.26. The molecule has 0 unspecified atom stereocenters. The second kappa shape index (κ2) is 4.55. The molecule has 1 aromatic rings. The molecule has 0 atom stereocenters. The number of phenols is 1. The highest BCUT2D eigenvalue weighted by Gasteiger charge is 2.20. The standard InChI is InChI=1S/C11H10Cl2N2O2/c1-5-7(12)4-6(11(17)10(5)13)8-2-3-9(16)15-14-8/h4,17H,2-3H2,1H3,(H,15,16). The molecular formula is C11H10Cl2N2O2. The maximum Gasteiger partial charge on any atom is 0.240 e. The second-order valence-electron chi connectivity index (χ2n) is 3.79. The molecule has 90 valence electrons. The van der Waals surface area contributed by atoms with E-state index in [4.69, 9.17) is 23.2 Å². The zero-order valence-corrected chi connectivity index (χ0v) is 10.6. The van der Waals surface area contributed by atoms with Crippen molar-refractivity contribution in [3.63, 3.8) is 0 Å². The van der Waals surface area contributed by atoms with E-state index >= 15 is 0 Å². The maximum absolute atomic E-state index is 11.0. The number of halogens is 2. The Hall–Kier alpha value is -1.26. The third-order valence-corrected chi connectivity index (χ3v) is 3.49.